The van der Waals surface area contributed by atoms with Crippen LogP contribution in [0.3, 0.4) is 0 Å². The highest BCUT2D eigenvalue weighted by Crippen LogP contribution is 2.37. The van der Waals surface area contributed by atoms with Crippen LogP contribution in [0.2, 0.25) is 0 Å². The van der Waals surface area contributed by atoms with Crippen LogP contribution < -0.4 is 0 Å². The Hall–Kier alpha value is -1.61. The smallest absolute Gasteiger partial charge is 0.0929 e. The number of aryl methyl sites for hydroxylation is 1. The molecule has 1 aromatic carbocycles. The van der Waals surface area contributed by atoms with Gasteiger partial charge in [0.15, 0.2) is 0 Å². The third-order valence-corrected chi connectivity index (χ3v) is 4.86. The largest absolute Gasteiger partial charge is 0.297 e. The third-order valence-electron chi connectivity index (χ3n) is 4.86. The number of hydrogen-bond acceptors (Lipinski definition) is 2. The van der Waals surface area contributed by atoms with Gasteiger partial charge in [-0.2, -0.15) is 5.10 Å². The van der Waals surface area contributed by atoms with Gasteiger partial charge in [-0.05, 0) is 50.4 Å². The molecule has 2 atom stereocenters. The highest BCUT2D eigenvalue weighted by molar-refractivity contribution is 5.85. The summed E-state index contributed by atoms with van der Waals surface area (Å²) in [6.45, 7) is 2.07. The van der Waals surface area contributed by atoms with Gasteiger partial charge in [-0.1, -0.05) is 18.2 Å². The Balaban J connectivity index is 1.77. The number of aromatic nitrogens is 2. The summed E-state index contributed by atoms with van der Waals surface area (Å²) in [6.07, 6.45) is 6.30. The number of nitrogens with zero attached hydrogens (tertiary/aromatic N) is 2. The number of H-pyrrole nitrogens is 1. The molecule has 98 valence electrons. The standard InChI is InChI=1S/C16H19N3/c1-10-15-6-3-11(9-16(15)18-17-10)12-7-13-4-5-14(8-12)19(13)2/h3,6-7,9,13-14H,4-5,8H2,1-2H3,(H,17,18). The maximum atomic E-state index is 4.38. The number of aromatic amines is 1. The average molecular weight is 253 g/mol. The molecule has 2 aliphatic heterocycles. The van der Waals surface area contributed by atoms with Gasteiger partial charge in [-0.3, -0.25) is 10.00 Å². The molecule has 0 aliphatic carbocycles. The van der Waals surface area contributed by atoms with E-state index in [1.165, 1.54) is 35.8 Å². The van der Waals surface area contributed by atoms with E-state index in [2.05, 4.69) is 53.3 Å². The van der Waals surface area contributed by atoms with Crippen LogP contribution in [0.5, 0.6) is 0 Å². The predicted molar refractivity (Wildman–Crippen MR) is 78.0 cm³/mol. The van der Waals surface area contributed by atoms with Crippen molar-refractivity contribution in [2.45, 2.75) is 38.3 Å². The number of fused-ring (bicyclic) bond motifs is 3. The van der Waals surface area contributed by atoms with Crippen LogP contribution in [-0.4, -0.2) is 34.2 Å². The van der Waals surface area contributed by atoms with E-state index in [4.69, 9.17) is 0 Å². The van der Waals surface area contributed by atoms with Crippen molar-refractivity contribution in [1.82, 2.24) is 15.1 Å². The van der Waals surface area contributed by atoms with Crippen molar-refractivity contribution in [3.63, 3.8) is 0 Å². The lowest BCUT2D eigenvalue weighted by atomic mass is 9.94. The minimum Gasteiger partial charge on any atom is -0.297 e. The highest BCUT2D eigenvalue weighted by Gasteiger charge is 2.33. The van der Waals surface area contributed by atoms with Crippen LogP contribution in [0.25, 0.3) is 16.5 Å². The summed E-state index contributed by atoms with van der Waals surface area (Å²) in [4.78, 5) is 2.53. The molecule has 0 amide bonds. The fourth-order valence-corrected chi connectivity index (χ4v) is 3.60. The van der Waals surface area contributed by atoms with Gasteiger partial charge in [-0.25, -0.2) is 0 Å². The molecular weight excluding hydrogens is 234 g/mol. The SMILES string of the molecule is Cc1[nH]nc2cc(C3=CC4CCC(C3)N4C)ccc12. The van der Waals surface area contributed by atoms with Gasteiger partial charge in [0.05, 0.1) is 5.52 Å². The Labute approximate surface area is 113 Å². The number of benzene rings is 1. The van der Waals surface area contributed by atoms with Crippen LogP contribution in [0, 0.1) is 6.92 Å². The van der Waals surface area contributed by atoms with Gasteiger partial charge in [-0.15, -0.1) is 0 Å². The fraction of sp³-hybridized carbons (Fsp3) is 0.438. The lowest BCUT2D eigenvalue weighted by molar-refractivity contribution is 0.264. The van der Waals surface area contributed by atoms with E-state index in [1.807, 2.05) is 0 Å². The van der Waals surface area contributed by atoms with Crippen molar-refractivity contribution in [2.24, 2.45) is 0 Å². The van der Waals surface area contributed by atoms with E-state index >= 15 is 0 Å². The average Bonchev–Trinajstić information content (AvgIpc) is 2.86. The first-order chi connectivity index (χ1) is 9.22. The summed E-state index contributed by atoms with van der Waals surface area (Å²) < 4.78 is 0. The van der Waals surface area contributed by atoms with E-state index in [9.17, 15) is 0 Å². The van der Waals surface area contributed by atoms with Crippen molar-refractivity contribution in [2.75, 3.05) is 7.05 Å². The van der Waals surface area contributed by atoms with Gasteiger partial charge in [0.25, 0.3) is 0 Å². The van der Waals surface area contributed by atoms with Crippen LogP contribution in [0.4, 0.5) is 0 Å². The van der Waals surface area contributed by atoms with Crippen LogP contribution >= 0.6 is 0 Å². The lowest BCUT2D eigenvalue weighted by Gasteiger charge is -2.30. The van der Waals surface area contributed by atoms with Gasteiger partial charge >= 0.3 is 0 Å². The molecule has 0 saturated carbocycles. The monoisotopic (exact) mass is 253 g/mol. The summed E-state index contributed by atoms with van der Waals surface area (Å²) in [5, 5.41) is 8.68. The molecule has 4 rings (SSSR count). The zero-order valence-electron chi connectivity index (χ0n) is 11.5. The van der Waals surface area contributed by atoms with Crippen molar-refractivity contribution in [3.8, 4) is 0 Å². The van der Waals surface area contributed by atoms with Crippen molar-refractivity contribution < 1.29 is 0 Å². The normalized spacial score (nSPS) is 26.9. The molecule has 3 heteroatoms. The second kappa shape index (κ2) is 3.94. The highest BCUT2D eigenvalue weighted by atomic mass is 15.2. The van der Waals surface area contributed by atoms with E-state index in [-0.39, 0.29) is 0 Å². The number of hydrogen-bond donors (Lipinski definition) is 1. The van der Waals surface area contributed by atoms with E-state index in [1.54, 1.807) is 0 Å². The lowest BCUT2D eigenvalue weighted by Crippen LogP contribution is -2.34. The first kappa shape index (κ1) is 11.2. The quantitative estimate of drug-likeness (QED) is 0.846. The molecule has 3 heterocycles. The Morgan fingerprint density at radius 2 is 2.21 bits per heavy atom. The number of likely N-dealkylation sites (N-methyl/N-ethyl adjacent to an activating group) is 1. The molecule has 2 unspecified atom stereocenters. The van der Waals surface area contributed by atoms with Gasteiger partial charge in [0, 0.05) is 23.2 Å². The van der Waals surface area contributed by atoms with E-state index in [0.29, 0.717) is 6.04 Å². The molecule has 1 saturated heterocycles. The third kappa shape index (κ3) is 1.65. The predicted octanol–water partition coefficient (Wildman–Crippen LogP) is 3.12. The first-order valence-corrected chi connectivity index (χ1v) is 7.10. The molecule has 0 spiro atoms. The van der Waals surface area contributed by atoms with Gasteiger partial charge in [0.2, 0.25) is 0 Å². The summed E-state index contributed by atoms with van der Waals surface area (Å²) in [6, 6.07) is 8.06. The fourth-order valence-electron chi connectivity index (χ4n) is 3.60. The molecule has 1 aromatic heterocycles. The molecule has 2 aromatic rings. The summed E-state index contributed by atoms with van der Waals surface area (Å²) >= 11 is 0. The maximum Gasteiger partial charge on any atom is 0.0929 e. The first-order valence-electron chi connectivity index (χ1n) is 7.10. The maximum absolute atomic E-state index is 4.38. The van der Waals surface area contributed by atoms with Gasteiger partial charge < -0.3 is 0 Å². The van der Waals surface area contributed by atoms with E-state index < -0.39 is 0 Å². The van der Waals surface area contributed by atoms with E-state index in [0.717, 1.165) is 17.3 Å². The molecular formula is C16H19N3. The molecule has 2 bridgehead atoms. The van der Waals surface area contributed by atoms with Crippen LogP contribution in [0.1, 0.15) is 30.5 Å². The molecule has 2 aliphatic rings. The van der Waals surface area contributed by atoms with Crippen molar-refractivity contribution in [3.05, 3.63) is 35.5 Å². The number of rotatable bonds is 1. The van der Waals surface area contributed by atoms with Crippen LogP contribution in [0.15, 0.2) is 24.3 Å². The Bertz CT molecular complexity index is 668. The Morgan fingerprint density at radius 3 is 3.05 bits per heavy atom. The molecule has 0 radical (unpaired) electrons. The van der Waals surface area contributed by atoms with Gasteiger partial charge in [0.1, 0.15) is 0 Å². The molecule has 19 heavy (non-hydrogen) atoms. The summed E-state index contributed by atoms with van der Waals surface area (Å²) in [5.74, 6) is 0. The van der Waals surface area contributed by atoms with Crippen molar-refractivity contribution >= 4 is 16.5 Å². The minimum absolute atomic E-state index is 0.644. The molecule has 1 N–H and O–H groups in total. The Morgan fingerprint density at radius 1 is 1.32 bits per heavy atom. The zero-order valence-corrected chi connectivity index (χ0v) is 11.5. The van der Waals surface area contributed by atoms with Crippen LogP contribution in [-0.2, 0) is 0 Å². The summed E-state index contributed by atoms with van der Waals surface area (Å²) in [5.41, 5.74) is 5.10. The molecule has 3 nitrogen and oxygen atoms in total. The second-order valence-electron chi connectivity index (χ2n) is 5.94. The molecule has 1 fully saturated rings. The van der Waals surface area contributed by atoms with Crippen molar-refractivity contribution in [1.29, 1.82) is 0 Å². The number of nitrogens with one attached hydrogen (secondary N) is 1. The topological polar surface area (TPSA) is 31.9 Å². The second-order valence-corrected chi connectivity index (χ2v) is 5.94. The minimum atomic E-state index is 0.644. The Kier molecular flexibility index (Phi) is 2.33. The summed E-state index contributed by atoms with van der Waals surface area (Å²) in [7, 11) is 2.26. The zero-order chi connectivity index (χ0) is 13.0.